The van der Waals surface area contributed by atoms with E-state index in [1.54, 1.807) is 0 Å². The average Bonchev–Trinajstić information content (AvgIpc) is 2.88. The molecule has 144 valence electrons. The molecule has 0 bridgehead atoms. The van der Waals surface area contributed by atoms with E-state index >= 15 is 0 Å². The number of phenols is 1. The van der Waals surface area contributed by atoms with E-state index in [2.05, 4.69) is 10.2 Å². The molecule has 0 spiro atoms. The predicted molar refractivity (Wildman–Crippen MR) is 98.4 cm³/mol. The maximum absolute atomic E-state index is 12.8. The van der Waals surface area contributed by atoms with E-state index in [4.69, 9.17) is 4.42 Å². The Balaban J connectivity index is 2.51. The third kappa shape index (κ3) is 4.35. The van der Waals surface area contributed by atoms with Crippen molar-refractivity contribution in [3.8, 4) is 5.75 Å². The van der Waals surface area contributed by atoms with Crippen molar-refractivity contribution < 1.29 is 17.9 Å². The summed E-state index contributed by atoms with van der Waals surface area (Å²) in [6.07, 6.45) is -0.0162. The number of aromatic nitrogens is 2. The second-order valence-electron chi connectivity index (χ2n) is 8.44. The molecule has 0 aliphatic rings. The highest BCUT2D eigenvalue weighted by Crippen LogP contribution is 2.40. The number of hydrogen-bond donors (Lipinski definition) is 2. The van der Waals surface area contributed by atoms with Crippen LogP contribution < -0.4 is 5.76 Å². The fraction of sp³-hybridized carbons (Fsp3) is 0.556. The average molecular weight is 382 g/mol. The normalized spacial score (nSPS) is 13.2. The summed E-state index contributed by atoms with van der Waals surface area (Å²) < 4.78 is 30.4. The smallest absolute Gasteiger partial charge is 0.434 e. The number of nitrogens with one attached hydrogen (secondary N) is 1. The lowest BCUT2D eigenvalue weighted by Crippen LogP contribution is -2.19. The van der Waals surface area contributed by atoms with Crippen molar-refractivity contribution in [2.75, 3.05) is 5.75 Å². The number of aromatic amines is 1. The minimum atomic E-state index is -3.66. The molecule has 1 aromatic heterocycles. The fourth-order valence-corrected chi connectivity index (χ4v) is 3.91. The minimum Gasteiger partial charge on any atom is -0.507 e. The summed E-state index contributed by atoms with van der Waals surface area (Å²) >= 11 is 0. The first-order valence-electron chi connectivity index (χ1n) is 8.37. The zero-order valence-corrected chi connectivity index (χ0v) is 16.8. The Labute approximate surface area is 153 Å². The van der Waals surface area contributed by atoms with Gasteiger partial charge < -0.3 is 9.52 Å². The summed E-state index contributed by atoms with van der Waals surface area (Å²) in [7, 11) is -3.66. The van der Waals surface area contributed by atoms with Crippen LogP contribution in [-0.4, -0.2) is 29.5 Å². The van der Waals surface area contributed by atoms with Crippen molar-refractivity contribution in [3.63, 3.8) is 0 Å². The molecule has 1 aromatic carbocycles. The first-order chi connectivity index (χ1) is 11.7. The maximum atomic E-state index is 12.8. The number of hydrogen-bond acceptors (Lipinski definition) is 6. The lowest BCUT2D eigenvalue weighted by atomic mass is 9.79. The first kappa shape index (κ1) is 20.2. The van der Waals surface area contributed by atoms with Crippen molar-refractivity contribution in [2.24, 2.45) is 0 Å². The molecular formula is C18H26N2O5S. The quantitative estimate of drug-likeness (QED) is 0.840. The second-order valence-corrected chi connectivity index (χ2v) is 10.6. The Morgan fingerprint density at radius 1 is 1.08 bits per heavy atom. The summed E-state index contributed by atoms with van der Waals surface area (Å²) in [5.74, 6) is -0.794. The molecule has 0 amide bonds. The fourth-order valence-electron chi connectivity index (χ4n) is 2.64. The molecule has 0 saturated heterocycles. The number of phenolic OH excluding ortho intramolecular Hbond substituents is 1. The van der Waals surface area contributed by atoms with Crippen LogP contribution in [0.5, 0.6) is 5.75 Å². The summed E-state index contributed by atoms with van der Waals surface area (Å²) in [6.45, 7) is 11.5. The van der Waals surface area contributed by atoms with Crippen molar-refractivity contribution in [3.05, 3.63) is 39.7 Å². The SMILES string of the molecule is CC(C)(C)c1cc(S(=O)(=O)CCc2n[nH]c(=O)o2)cc(C(C)(C)C)c1O. The molecule has 0 aliphatic heterocycles. The summed E-state index contributed by atoms with van der Waals surface area (Å²) in [6, 6.07) is 3.06. The molecule has 8 heteroatoms. The number of aromatic hydroxyl groups is 1. The van der Waals surface area contributed by atoms with Crippen molar-refractivity contribution in [1.82, 2.24) is 10.2 Å². The monoisotopic (exact) mass is 382 g/mol. The van der Waals surface area contributed by atoms with Crippen LogP contribution in [0.2, 0.25) is 0 Å². The van der Waals surface area contributed by atoms with Crippen LogP contribution >= 0.6 is 0 Å². The first-order valence-corrected chi connectivity index (χ1v) is 10.0. The van der Waals surface area contributed by atoms with E-state index in [1.165, 1.54) is 12.1 Å². The molecule has 0 unspecified atom stereocenters. The molecule has 7 nitrogen and oxygen atoms in total. The minimum absolute atomic E-state index is 0.0162. The van der Waals surface area contributed by atoms with Crippen LogP contribution in [0, 0.1) is 0 Å². The molecule has 2 rings (SSSR count). The van der Waals surface area contributed by atoms with Crippen LogP contribution in [-0.2, 0) is 27.1 Å². The molecule has 0 atom stereocenters. The Hall–Kier alpha value is -2.09. The van der Waals surface area contributed by atoms with Crippen LogP contribution in [0.4, 0.5) is 0 Å². The third-order valence-electron chi connectivity index (χ3n) is 4.13. The van der Waals surface area contributed by atoms with E-state index in [1.807, 2.05) is 41.5 Å². The zero-order valence-electron chi connectivity index (χ0n) is 16.0. The predicted octanol–water partition coefficient (Wildman–Crippen LogP) is 2.68. The Morgan fingerprint density at radius 3 is 1.96 bits per heavy atom. The highest BCUT2D eigenvalue weighted by atomic mass is 32.2. The van der Waals surface area contributed by atoms with Gasteiger partial charge in [0, 0.05) is 17.5 Å². The Kier molecular flexibility index (Phi) is 5.11. The van der Waals surface area contributed by atoms with E-state index in [0.29, 0.717) is 11.1 Å². The molecule has 2 aromatic rings. The molecular weight excluding hydrogens is 356 g/mol. The molecule has 0 saturated carbocycles. The third-order valence-corrected chi connectivity index (χ3v) is 5.82. The van der Waals surface area contributed by atoms with Gasteiger partial charge in [0.15, 0.2) is 9.84 Å². The zero-order chi connectivity index (χ0) is 19.9. The van der Waals surface area contributed by atoms with Gasteiger partial charge in [-0.2, -0.15) is 0 Å². The highest BCUT2D eigenvalue weighted by molar-refractivity contribution is 7.91. The van der Waals surface area contributed by atoms with Gasteiger partial charge in [0.2, 0.25) is 5.89 Å². The van der Waals surface area contributed by atoms with E-state index in [0.717, 1.165) is 0 Å². The number of sulfone groups is 1. The molecule has 1 heterocycles. The van der Waals surface area contributed by atoms with Crippen LogP contribution in [0.15, 0.2) is 26.2 Å². The molecule has 2 N–H and O–H groups in total. The van der Waals surface area contributed by atoms with Crippen LogP contribution in [0.25, 0.3) is 0 Å². The van der Waals surface area contributed by atoms with E-state index in [9.17, 15) is 18.3 Å². The molecule has 0 aliphatic carbocycles. The van der Waals surface area contributed by atoms with Gasteiger partial charge in [0.05, 0.1) is 10.6 Å². The maximum Gasteiger partial charge on any atom is 0.434 e. The van der Waals surface area contributed by atoms with Crippen LogP contribution in [0.1, 0.15) is 58.6 Å². The standard InChI is InChI=1S/C18H26N2O5S/c1-17(2,3)12-9-11(10-13(15(12)21)18(4,5)6)26(23,24)8-7-14-19-20-16(22)25-14/h9-10,21H,7-8H2,1-6H3,(H,20,22). The van der Waals surface area contributed by atoms with Gasteiger partial charge in [-0.05, 0) is 23.0 Å². The number of aryl methyl sites for hydroxylation is 1. The molecule has 26 heavy (non-hydrogen) atoms. The van der Waals surface area contributed by atoms with Gasteiger partial charge in [-0.15, -0.1) is 5.10 Å². The van der Waals surface area contributed by atoms with E-state index in [-0.39, 0.29) is 28.7 Å². The highest BCUT2D eigenvalue weighted by Gasteiger charge is 2.29. The van der Waals surface area contributed by atoms with E-state index < -0.39 is 26.4 Å². The largest absolute Gasteiger partial charge is 0.507 e. The molecule has 0 fully saturated rings. The van der Waals surface area contributed by atoms with Crippen molar-refractivity contribution in [2.45, 2.75) is 63.7 Å². The van der Waals surface area contributed by atoms with Gasteiger partial charge in [0.1, 0.15) is 5.75 Å². The number of nitrogens with zero attached hydrogens (tertiary/aromatic N) is 1. The topological polar surface area (TPSA) is 113 Å². The number of H-pyrrole nitrogens is 1. The molecule has 0 radical (unpaired) electrons. The lowest BCUT2D eigenvalue weighted by molar-refractivity contribution is 0.421. The second kappa shape index (κ2) is 6.57. The summed E-state index contributed by atoms with van der Waals surface area (Å²) in [5.41, 5.74) is 0.305. The Morgan fingerprint density at radius 2 is 1.58 bits per heavy atom. The summed E-state index contributed by atoms with van der Waals surface area (Å²) in [5, 5.41) is 16.4. The van der Waals surface area contributed by atoms with Gasteiger partial charge in [-0.1, -0.05) is 41.5 Å². The van der Waals surface area contributed by atoms with Gasteiger partial charge in [-0.3, -0.25) is 0 Å². The van der Waals surface area contributed by atoms with Gasteiger partial charge in [0.25, 0.3) is 0 Å². The Bertz CT molecular complexity index is 921. The number of rotatable bonds is 4. The van der Waals surface area contributed by atoms with Crippen molar-refractivity contribution in [1.29, 1.82) is 0 Å². The van der Waals surface area contributed by atoms with Gasteiger partial charge in [-0.25, -0.2) is 18.3 Å². The summed E-state index contributed by atoms with van der Waals surface area (Å²) in [4.78, 5) is 11.1. The van der Waals surface area contributed by atoms with Crippen LogP contribution in [0.3, 0.4) is 0 Å². The lowest BCUT2D eigenvalue weighted by Gasteiger charge is -2.28. The van der Waals surface area contributed by atoms with Gasteiger partial charge >= 0.3 is 5.76 Å². The van der Waals surface area contributed by atoms with Crippen molar-refractivity contribution >= 4 is 9.84 Å². The number of benzene rings is 1.